The Morgan fingerprint density at radius 1 is 1.07 bits per heavy atom. The molecule has 0 aromatic heterocycles. The van der Waals surface area contributed by atoms with Crippen LogP contribution in [-0.4, -0.2) is 34.9 Å². The fourth-order valence-electron chi connectivity index (χ4n) is 2.92. The van der Waals surface area contributed by atoms with Crippen LogP contribution >= 0.6 is 11.6 Å². The van der Waals surface area contributed by atoms with Gasteiger partial charge in [-0.05, 0) is 63.9 Å². The number of carbonyl (C=O) groups is 2. The molecule has 1 unspecified atom stereocenters. The van der Waals surface area contributed by atoms with Gasteiger partial charge in [0, 0.05) is 23.5 Å². The molecular formula is C24H31ClN2O3. The van der Waals surface area contributed by atoms with Crippen molar-refractivity contribution in [2.75, 3.05) is 6.61 Å². The second-order valence-corrected chi connectivity index (χ2v) is 8.76. The second-order valence-electron chi connectivity index (χ2n) is 8.33. The number of rotatable bonds is 9. The van der Waals surface area contributed by atoms with Crippen LogP contribution in [0.5, 0.6) is 5.75 Å². The average molecular weight is 431 g/mol. The standard InChI is InChI=1S/C24H31ClN2O3/c1-18(23(29)26-24(2,3)4)27(17-19-12-14-20(25)15-13-19)22(28)11-8-16-30-21-9-6-5-7-10-21/h5-7,9-10,12-15,18H,8,11,16-17H2,1-4H3,(H,26,29). The molecule has 0 saturated heterocycles. The number of hydrogen-bond acceptors (Lipinski definition) is 3. The monoisotopic (exact) mass is 430 g/mol. The first-order chi connectivity index (χ1) is 14.2. The first-order valence-corrected chi connectivity index (χ1v) is 10.6. The summed E-state index contributed by atoms with van der Waals surface area (Å²) in [5.41, 5.74) is 0.549. The molecule has 2 aromatic carbocycles. The van der Waals surface area contributed by atoms with Gasteiger partial charge in [-0.25, -0.2) is 0 Å². The molecule has 162 valence electrons. The van der Waals surface area contributed by atoms with Gasteiger partial charge in [0.2, 0.25) is 11.8 Å². The molecule has 0 spiro atoms. The highest BCUT2D eigenvalue weighted by Gasteiger charge is 2.28. The molecule has 0 aliphatic rings. The summed E-state index contributed by atoms with van der Waals surface area (Å²) in [4.78, 5) is 27.3. The first kappa shape index (κ1) is 23.7. The summed E-state index contributed by atoms with van der Waals surface area (Å²) in [6.45, 7) is 8.30. The Morgan fingerprint density at radius 3 is 2.30 bits per heavy atom. The number of nitrogens with one attached hydrogen (secondary N) is 1. The maximum atomic E-state index is 13.0. The van der Waals surface area contributed by atoms with E-state index in [1.54, 1.807) is 24.0 Å². The van der Waals surface area contributed by atoms with E-state index in [4.69, 9.17) is 16.3 Å². The largest absolute Gasteiger partial charge is 0.494 e. The van der Waals surface area contributed by atoms with Crippen LogP contribution in [0.15, 0.2) is 54.6 Å². The zero-order chi connectivity index (χ0) is 22.1. The van der Waals surface area contributed by atoms with E-state index in [1.165, 1.54) is 0 Å². The van der Waals surface area contributed by atoms with Gasteiger partial charge >= 0.3 is 0 Å². The number of carbonyl (C=O) groups excluding carboxylic acids is 2. The molecule has 5 nitrogen and oxygen atoms in total. The van der Waals surface area contributed by atoms with Gasteiger partial charge in [0.05, 0.1) is 6.61 Å². The third-order valence-electron chi connectivity index (χ3n) is 4.48. The molecule has 0 saturated carbocycles. The van der Waals surface area contributed by atoms with E-state index in [1.807, 2.05) is 63.2 Å². The quantitative estimate of drug-likeness (QED) is 0.579. The number of nitrogens with zero attached hydrogens (tertiary/aromatic N) is 1. The second kappa shape index (κ2) is 11.0. The fraction of sp³-hybridized carbons (Fsp3) is 0.417. The van der Waals surface area contributed by atoms with Gasteiger partial charge in [0.1, 0.15) is 11.8 Å². The van der Waals surface area contributed by atoms with E-state index in [-0.39, 0.29) is 17.4 Å². The highest BCUT2D eigenvalue weighted by atomic mass is 35.5. The van der Waals surface area contributed by atoms with Crippen LogP contribution in [0.3, 0.4) is 0 Å². The molecule has 30 heavy (non-hydrogen) atoms. The SMILES string of the molecule is CC(C(=O)NC(C)(C)C)N(Cc1ccc(Cl)cc1)C(=O)CCCOc1ccccc1. The lowest BCUT2D eigenvalue weighted by molar-refractivity contribution is -0.141. The number of amides is 2. The minimum absolute atomic E-state index is 0.0850. The van der Waals surface area contributed by atoms with Crippen LogP contribution in [0.25, 0.3) is 0 Å². The molecule has 0 aliphatic heterocycles. The zero-order valence-corrected chi connectivity index (χ0v) is 18.9. The third-order valence-corrected chi connectivity index (χ3v) is 4.73. The van der Waals surface area contributed by atoms with Crippen LogP contribution < -0.4 is 10.1 Å². The lowest BCUT2D eigenvalue weighted by Crippen LogP contribution is -2.52. The van der Waals surface area contributed by atoms with Gasteiger partial charge in [-0.2, -0.15) is 0 Å². The van der Waals surface area contributed by atoms with Gasteiger partial charge in [-0.15, -0.1) is 0 Å². The minimum Gasteiger partial charge on any atom is -0.494 e. The fourth-order valence-corrected chi connectivity index (χ4v) is 3.04. The third kappa shape index (κ3) is 8.07. The Balaban J connectivity index is 2.02. The lowest BCUT2D eigenvalue weighted by Gasteiger charge is -2.31. The normalized spacial score (nSPS) is 12.2. The molecule has 0 aliphatic carbocycles. The van der Waals surface area contributed by atoms with Crippen molar-refractivity contribution in [3.63, 3.8) is 0 Å². The number of para-hydroxylation sites is 1. The van der Waals surface area contributed by atoms with Gasteiger partial charge < -0.3 is 15.0 Å². The van der Waals surface area contributed by atoms with Gasteiger partial charge in [0.25, 0.3) is 0 Å². The van der Waals surface area contributed by atoms with Gasteiger partial charge in [-0.1, -0.05) is 41.9 Å². The van der Waals surface area contributed by atoms with Crippen molar-refractivity contribution in [3.8, 4) is 5.75 Å². The average Bonchev–Trinajstić information content (AvgIpc) is 2.69. The van der Waals surface area contributed by atoms with Crippen molar-refractivity contribution in [2.45, 2.75) is 58.7 Å². The van der Waals surface area contributed by atoms with Crippen LogP contribution in [0.2, 0.25) is 5.02 Å². The maximum absolute atomic E-state index is 13.0. The van der Waals surface area contributed by atoms with E-state index >= 15 is 0 Å². The molecule has 1 atom stereocenters. The Hall–Kier alpha value is -2.53. The Bertz CT molecular complexity index is 817. The van der Waals surface area contributed by atoms with Crippen LogP contribution in [-0.2, 0) is 16.1 Å². The minimum atomic E-state index is -0.595. The molecule has 6 heteroatoms. The van der Waals surface area contributed by atoms with Crippen molar-refractivity contribution >= 4 is 23.4 Å². The predicted molar refractivity (Wildman–Crippen MR) is 121 cm³/mol. The molecule has 0 heterocycles. The summed E-state index contributed by atoms with van der Waals surface area (Å²) >= 11 is 5.97. The molecule has 2 aromatic rings. The predicted octanol–water partition coefficient (Wildman–Crippen LogP) is 4.83. The first-order valence-electron chi connectivity index (χ1n) is 10.2. The topological polar surface area (TPSA) is 58.6 Å². The van der Waals surface area contributed by atoms with Crippen molar-refractivity contribution < 1.29 is 14.3 Å². The molecular weight excluding hydrogens is 400 g/mol. The summed E-state index contributed by atoms with van der Waals surface area (Å²) < 4.78 is 5.68. The zero-order valence-electron chi connectivity index (χ0n) is 18.2. The highest BCUT2D eigenvalue weighted by molar-refractivity contribution is 6.30. The highest BCUT2D eigenvalue weighted by Crippen LogP contribution is 2.16. The van der Waals surface area contributed by atoms with Gasteiger partial charge in [0.15, 0.2) is 0 Å². The lowest BCUT2D eigenvalue weighted by atomic mass is 10.1. The van der Waals surface area contributed by atoms with Crippen LogP contribution in [0, 0.1) is 0 Å². The molecule has 0 radical (unpaired) electrons. The van der Waals surface area contributed by atoms with Crippen LogP contribution in [0.1, 0.15) is 46.1 Å². The number of benzene rings is 2. The van der Waals surface area contributed by atoms with Gasteiger partial charge in [-0.3, -0.25) is 9.59 Å². The van der Waals surface area contributed by atoms with E-state index < -0.39 is 6.04 Å². The maximum Gasteiger partial charge on any atom is 0.242 e. The Kier molecular flexibility index (Phi) is 8.72. The molecule has 2 rings (SSSR count). The summed E-state index contributed by atoms with van der Waals surface area (Å²) in [5, 5.41) is 3.59. The number of hydrogen-bond donors (Lipinski definition) is 1. The van der Waals surface area contributed by atoms with E-state index in [9.17, 15) is 9.59 Å². The smallest absolute Gasteiger partial charge is 0.242 e. The van der Waals surface area contributed by atoms with Crippen molar-refractivity contribution in [3.05, 3.63) is 65.2 Å². The molecule has 1 N–H and O–H groups in total. The summed E-state index contributed by atoms with van der Waals surface area (Å²) in [7, 11) is 0. The summed E-state index contributed by atoms with van der Waals surface area (Å²) in [6.07, 6.45) is 0.867. The van der Waals surface area contributed by atoms with Crippen LogP contribution in [0.4, 0.5) is 0 Å². The van der Waals surface area contributed by atoms with E-state index in [0.29, 0.717) is 31.0 Å². The van der Waals surface area contributed by atoms with Crippen molar-refractivity contribution in [1.82, 2.24) is 10.2 Å². The number of ether oxygens (including phenoxy) is 1. The van der Waals surface area contributed by atoms with Crippen molar-refractivity contribution in [1.29, 1.82) is 0 Å². The van der Waals surface area contributed by atoms with Crippen molar-refractivity contribution in [2.24, 2.45) is 0 Å². The molecule has 0 bridgehead atoms. The molecule has 0 fully saturated rings. The Morgan fingerprint density at radius 2 is 1.70 bits per heavy atom. The number of halogens is 1. The summed E-state index contributed by atoms with van der Waals surface area (Å²) in [5.74, 6) is 0.518. The van der Waals surface area contributed by atoms with E-state index in [2.05, 4.69) is 5.32 Å². The summed E-state index contributed by atoms with van der Waals surface area (Å²) in [6, 6.07) is 16.2. The van der Waals surface area contributed by atoms with E-state index in [0.717, 1.165) is 11.3 Å². The molecule has 2 amide bonds. The Labute approximate surface area is 184 Å².